The molecule has 0 amide bonds. The molecule has 1 heterocycles. The van der Waals surface area contributed by atoms with Gasteiger partial charge in [-0.3, -0.25) is 0 Å². The zero-order valence-corrected chi connectivity index (χ0v) is 13.1. The van der Waals surface area contributed by atoms with Crippen LogP contribution in [0.25, 0.3) is 0 Å². The van der Waals surface area contributed by atoms with Crippen molar-refractivity contribution >= 4 is 11.5 Å². The minimum absolute atomic E-state index is 0.435. The Morgan fingerprint density at radius 2 is 2.00 bits per heavy atom. The summed E-state index contributed by atoms with van der Waals surface area (Å²) < 4.78 is 5.73. The van der Waals surface area contributed by atoms with Gasteiger partial charge in [-0.15, -0.1) is 0 Å². The third-order valence-corrected chi connectivity index (χ3v) is 3.50. The molecule has 0 spiro atoms. The van der Waals surface area contributed by atoms with Crippen LogP contribution in [0.3, 0.4) is 0 Å². The quantitative estimate of drug-likeness (QED) is 0.830. The van der Waals surface area contributed by atoms with Crippen LogP contribution < -0.4 is 15.4 Å². The van der Waals surface area contributed by atoms with Crippen LogP contribution in [0.4, 0.5) is 11.5 Å². The molecular weight excluding hydrogens is 250 g/mol. The Balaban J connectivity index is 2.14. The van der Waals surface area contributed by atoms with Crippen LogP contribution in [0, 0.1) is 11.8 Å². The second-order valence-corrected chi connectivity index (χ2v) is 6.46. The standard InChI is InChI=1S/C16H27N3O/c1-11(2)10-20-16-14(17)7-8-15(18-16)19(12(3)4)9-13-5-6-13/h7-8,11-13H,5-6,9-10,17H2,1-4H3. The van der Waals surface area contributed by atoms with Crippen molar-refractivity contribution in [1.82, 2.24) is 4.98 Å². The minimum atomic E-state index is 0.435. The largest absolute Gasteiger partial charge is 0.476 e. The van der Waals surface area contributed by atoms with E-state index in [1.165, 1.54) is 12.8 Å². The summed E-state index contributed by atoms with van der Waals surface area (Å²) in [6.45, 7) is 10.4. The summed E-state index contributed by atoms with van der Waals surface area (Å²) in [5.41, 5.74) is 6.57. The van der Waals surface area contributed by atoms with Crippen LogP contribution in [0.15, 0.2) is 12.1 Å². The number of rotatable bonds is 7. The molecule has 20 heavy (non-hydrogen) atoms. The smallest absolute Gasteiger partial charge is 0.239 e. The summed E-state index contributed by atoms with van der Waals surface area (Å²) in [6, 6.07) is 4.34. The topological polar surface area (TPSA) is 51.4 Å². The van der Waals surface area contributed by atoms with Crippen LogP contribution in [-0.2, 0) is 0 Å². The first-order valence-corrected chi connectivity index (χ1v) is 7.63. The molecule has 1 fully saturated rings. The molecule has 0 atom stereocenters. The highest BCUT2D eigenvalue weighted by molar-refractivity contribution is 5.55. The lowest BCUT2D eigenvalue weighted by molar-refractivity contribution is 0.263. The van der Waals surface area contributed by atoms with Gasteiger partial charge >= 0.3 is 0 Å². The fourth-order valence-corrected chi connectivity index (χ4v) is 2.11. The molecule has 1 aliphatic rings. The van der Waals surface area contributed by atoms with Crippen molar-refractivity contribution in [2.75, 3.05) is 23.8 Å². The Morgan fingerprint density at radius 3 is 2.55 bits per heavy atom. The van der Waals surface area contributed by atoms with Crippen molar-refractivity contribution in [3.63, 3.8) is 0 Å². The van der Waals surface area contributed by atoms with Crippen LogP contribution in [0.2, 0.25) is 0 Å². The predicted molar refractivity (Wildman–Crippen MR) is 84.2 cm³/mol. The third kappa shape index (κ3) is 4.02. The van der Waals surface area contributed by atoms with E-state index in [1.807, 2.05) is 12.1 Å². The average Bonchev–Trinajstić information content (AvgIpc) is 3.19. The van der Waals surface area contributed by atoms with Gasteiger partial charge in [-0.25, -0.2) is 0 Å². The lowest BCUT2D eigenvalue weighted by Crippen LogP contribution is -2.33. The van der Waals surface area contributed by atoms with E-state index >= 15 is 0 Å². The fraction of sp³-hybridized carbons (Fsp3) is 0.688. The van der Waals surface area contributed by atoms with Gasteiger partial charge in [0.2, 0.25) is 5.88 Å². The molecule has 0 saturated heterocycles. The molecule has 2 N–H and O–H groups in total. The molecule has 1 saturated carbocycles. The highest BCUT2D eigenvalue weighted by Gasteiger charge is 2.26. The molecule has 1 aromatic rings. The molecule has 0 aromatic carbocycles. The first-order valence-electron chi connectivity index (χ1n) is 7.63. The summed E-state index contributed by atoms with van der Waals surface area (Å²) >= 11 is 0. The maximum Gasteiger partial charge on any atom is 0.239 e. The number of nitrogens with zero attached hydrogens (tertiary/aromatic N) is 2. The van der Waals surface area contributed by atoms with Gasteiger partial charge in [0.1, 0.15) is 5.82 Å². The zero-order chi connectivity index (χ0) is 14.7. The fourth-order valence-electron chi connectivity index (χ4n) is 2.11. The molecule has 1 aliphatic carbocycles. The molecule has 4 heteroatoms. The van der Waals surface area contributed by atoms with Crippen molar-refractivity contribution < 1.29 is 4.74 Å². The molecule has 112 valence electrons. The Hall–Kier alpha value is -1.45. The Bertz CT molecular complexity index is 441. The predicted octanol–water partition coefficient (Wildman–Crippen LogP) is 3.32. The van der Waals surface area contributed by atoms with Crippen LogP contribution in [-0.4, -0.2) is 24.2 Å². The second kappa shape index (κ2) is 6.33. The number of nitrogens with two attached hydrogens (primary N) is 1. The van der Waals surface area contributed by atoms with Crippen molar-refractivity contribution in [3.8, 4) is 5.88 Å². The average molecular weight is 277 g/mol. The van der Waals surface area contributed by atoms with E-state index in [1.54, 1.807) is 0 Å². The number of hydrogen-bond acceptors (Lipinski definition) is 4. The van der Waals surface area contributed by atoms with Gasteiger partial charge in [-0.05, 0) is 50.7 Å². The molecule has 1 aromatic heterocycles. The number of nitrogen functional groups attached to an aromatic ring is 1. The highest BCUT2D eigenvalue weighted by Crippen LogP contribution is 2.33. The lowest BCUT2D eigenvalue weighted by Gasteiger charge is -2.28. The molecule has 0 bridgehead atoms. The normalized spacial score (nSPS) is 14.9. The Labute approximate surface area is 122 Å². The zero-order valence-electron chi connectivity index (χ0n) is 13.1. The number of ether oxygens (including phenoxy) is 1. The first kappa shape index (κ1) is 14.9. The molecule has 0 unspecified atom stereocenters. The number of aromatic nitrogens is 1. The van der Waals surface area contributed by atoms with E-state index < -0.39 is 0 Å². The van der Waals surface area contributed by atoms with Crippen molar-refractivity contribution in [1.29, 1.82) is 0 Å². The molecular formula is C16H27N3O. The highest BCUT2D eigenvalue weighted by atomic mass is 16.5. The maximum atomic E-state index is 5.96. The van der Waals surface area contributed by atoms with E-state index in [0.29, 0.717) is 30.1 Å². The summed E-state index contributed by atoms with van der Waals surface area (Å²) in [6.07, 6.45) is 2.68. The van der Waals surface area contributed by atoms with Gasteiger partial charge in [-0.1, -0.05) is 13.8 Å². The Morgan fingerprint density at radius 1 is 1.30 bits per heavy atom. The lowest BCUT2D eigenvalue weighted by atomic mass is 10.2. The van der Waals surface area contributed by atoms with Gasteiger partial charge in [0.25, 0.3) is 0 Å². The van der Waals surface area contributed by atoms with E-state index in [0.717, 1.165) is 18.3 Å². The van der Waals surface area contributed by atoms with Crippen molar-refractivity contribution in [2.24, 2.45) is 11.8 Å². The second-order valence-electron chi connectivity index (χ2n) is 6.46. The van der Waals surface area contributed by atoms with E-state index in [-0.39, 0.29) is 0 Å². The molecule has 0 aliphatic heterocycles. The number of anilines is 2. The van der Waals surface area contributed by atoms with E-state index in [2.05, 4.69) is 37.6 Å². The molecule has 2 rings (SSSR count). The van der Waals surface area contributed by atoms with Crippen molar-refractivity contribution in [2.45, 2.75) is 46.6 Å². The monoisotopic (exact) mass is 277 g/mol. The van der Waals surface area contributed by atoms with E-state index in [9.17, 15) is 0 Å². The number of hydrogen-bond donors (Lipinski definition) is 1. The summed E-state index contributed by atoms with van der Waals surface area (Å²) in [4.78, 5) is 6.97. The van der Waals surface area contributed by atoms with Crippen molar-refractivity contribution in [3.05, 3.63) is 12.1 Å². The maximum absolute atomic E-state index is 5.96. The molecule has 4 nitrogen and oxygen atoms in total. The Kier molecular flexibility index (Phi) is 4.73. The van der Waals surface area contributed by atoms with Gasteiger partial charge in [0, 0.05) is 12.6 Å². The first-order chi connectivity index (χ1) is 9.47. The van der Waals surface area contributed by atoms with Gasteiger partial charge in [-0.2, -0.15) is 4.98 Å². The van der Waals surface area contributed by atoms with Gasteiger partial charge < -0.3 is 15.4 Å². The SMILES string of the molecule is CC(C)COc1nc(N(CC2CC2)C(C)C)ccc1N. The molecule has 0 radical (unpaired) electrons. The van der Waals surface area contributed by atoms with Gasteiger partial charge in [0.05, 0.1) is 12.3 Å². The third-order valence-electron chi connectivity index (χ3n) is 3.50. The summed E-state index contributed by atoms with van der Waals surface area (Å²) in [5, 5.41) is 0. The number of pyridine rings is 1. The van der Waals surface area contributed by atoms with Crippen LogP contribution in [0.1, 0.15) is 40.5 Å². The van der Waals surface area contributed by atoms with Crippen LogP contribution >= 0.6 is 0 Å². The summed E-state index contributed by atoms with van der Waals surface area (Å²) in [5.74, 6) is 2.84. The minimum Gasteiger partial charge on any atom is -0.476 e. The summed E-state index contributed by atoms with van der Waals surface area (Å²) in [7, 11) is 0. The van der Waals surface area contributed by atoms with E-state index in [4.69, 9.17) is 10.5 Å². The van der Waals surface area contributed by atoms with Crippen LogP contribution in [0.5, 0.6) is 5.88 Å². The van der Waals surface area contributed by atoms with Gasteiger partial charge in [0.15, 0.2) is 0 Å².